The van der Waals surface area contributed by atoms with E-state index in [9.17, 15) is 9.59 Å². The van der Waals surface area contributed by atoms with E-state index >= 15 is 0 Å². The Morgan fingerprint density at radius 3 is 2.93 bits per heavy atom. The number of rotatable bonds is 2. The van der Waals surface area contributed by atoms with Gasteiger partial charge in [-0.1, -0.05) is 11.6 Å². The molecule has 0 saturated carbocycles. The second-order valence-corrected chi connectivity index (χ2v) is 4.16. The predicted octanol–water partition coefficient (Wildman–Crippen LogP) is 0.695. The summed E-state index contributed by atoms with van der Waals surface area (Å²) in [7, 11) is 0. The summed E-state index contributed by atoms with van der Waals surface area (Å²) in [4.78, 5) is 29.1. The smallest absolute Gasteiger partial charge is 0.298 e. The summed E-state index contributed by atoms with van der Waals surface area (Å²) in [6, 6.07) is 1.16. The van der Waals surface area contributed by atoms with E-state index in [0.717, 1.165) is 10.6 Å². The highest BCUT2D eigenvalue weighted by Crippen LogP contribution is 2.04. The van der Waals surface area contributed by atoms with Crippen molar-refractivity contribution in [2.75, 3.05) is 0 Å². The Morgan fingerprint density at radius 1 is 1.53 bits per heavy atom. The minimum absolute atomic E-state index is 0.0420. The van der Waals surface area contributed by atoms with E-state index in [-0.39, 0.29) is 11.7 Å². The Balaban J connectivity index is 2.46. The molecule has 0 aliphatic heterocycles. The molecule has 0 aliphatic rings. The fourth-order valence-electron chi connectivity index (χ4n) is 1.11. The van der Waals surface area contributed by atoms with Crippen LogP contribution >= 0.6 is 22.9 Å². The maximum absolute atomic E-state index is 11.4. The lowest BCUT2D eigenvalue weighted by molar-refractivity contribution is 0.695. The first-order valence-corrected chi connectivity index (χ1v) is 5.30. The van der Waals surface area contributed by atoms with Gasteiger partial charge in [-0.2, -0.15) is 0 Å². The van der Waals surface area contributed by atoms with E-state index in [1.807, 2.05) is 0 Å². The molecule has 2 aromatic heterocycles. The fraction of sp³-hybridized carbons (Fsp3) is 0.125. The summed E-state index contributed by atoms with van der Waals surface area (Å²) in [5.74, 6) is 0. The van der Waals surface area contributed by atoms with Gasteiger partial charge in [0.2, 0.25) is 0 Å². The first-order chi connectivity index (χ1) is 7.16. The Morgan fingerprint density at radius 2 is 2.33 bits per heavy atom. The van der Waals surface area contributed by atoms with E-state index in [4.69, 9.17) is 11.6 Å². The molecule has 0 fully saturated rings. The molecule has 1 N–H and O–H groups in total. The van der Waals surface area contributed by atoms with Crippen molar-refractivity contribution in [2.45, 2.75) is 6.54 Å². The molecule has 0 bridgehead atoms. The molecule has 7 heteroatoms. The van der Waals surface area contributed by atoms with Gasteiger partial charge in [0.05, 0.1) is 6.54 Å². The maximum atomic E-state index is 11.4. The summed E-state index contributed by atoms with van der Waals surface area (Å²) in [6.45, 7) is 0.170. The Labute approximate surface area is 93.0 Å². The number of aromatic nitrogens is 3. The van der Waals surface area contributed by atoms with Gasteiger partial charge in [0.1, 0.15) is 10.2 Å². The van der Waals surface area contributed by atoms with Crippen LogP contribution in [0.3, 0.4) is 0 Å². The number of aromatic amines is 1. The maximum Gasteiger partial charge on any atom is 0.329 e. The molecular formula is C8H6ClN3O2S. The van der Waals surface area contributed by atoms with Crippen molar-refractivity contribution in [3.63, 3.8) is 0 Å². The van der Waals surface area contributed by atoms with Crippen molar-refractivity contribution < 1.29 is 0 Å². The molecule has 0 unspecified atom stereocenters. The quantitative estimate of drug-likeness (QED) is 0.790. The molecule has 78 valence electrons. The van der Waals surface area contributed by atoms with E-state index in [0.29, 0.717) is 5.01 Å². The van der Waals surface area contributed by atoms with Gasteiger partial charge in [-0.15, -0.1) is 11.3 Å². The van der Waals surface area contributed by atoms with Crippen molar-refractivity contribution in [1.82, 2.24) is 14.5 Å². The minimum atomic E-state index is -0.525. The van der Waals surface area contributed by atoms with Crippen LogP contribution in [0.15, 0.2) is 27.2 Å². The molecule has 5 nitrogen and oxygen atoms in total. The Kier molecular flexibility index (Phi) is 2.70. The van der Waals surface area contributed by atoms with Crippen LogP contribution in [0, 0.1) is 0 Å². The van der Waals surface area contributed by atoms with Crippen LogP contribution in [0.5, 0.6) is 0 Å². The average molecular weight is 244 g/mol. The molecule has 2 heterocycles. The van der Waals surface area contributed by atoms with Crippen molar-refractivity contribution in [3.8, 4) is 0 Å². The van der Waals surface area contributed by atoms with Gasteiger partial charge in [0.25, 0.3) is 5.56 Å². The highest BCUT2D eigenvalue weighted by atomic mass is 35.5. The summed E-state index contributed by atoms with van der Waals surface area (Å²) in [5, 5.41) is 2.52. The van der Waals surface area contributed by atoms with Crippen molar-refractivity contribution >= 4 is 22.9 Å². The third-order valence-electron chi connectivity index (χ3n) is 1.76. The van der Waals surface area contributed by atoms with Crippen LogP contribution < -0.4 is 11.2 Å². The van der Waals surface area contributed by atoms with Crippen molar-refractivity contribution in [2.24, 2.45) is 0 Å². The number of hydrogen-bond acceptors (Lipinski definition) is 4. The number of halogens is 1. The number of nitrogens with one attached hydrogen (secondary N) is 1. The molecule has 0 atom stereocenters. The van der Waals surface area contributed by atoms with Gasteiger partial charge < -0.3 is 0 Å². The zero-order valence-electron chi connectivity index (χ0n) is 7.44. The highest BCUT2D eigenvalue weighted by molar-refractivity contribution is 7.09. The molecule has 2 rings (SSSR count). The first kappa shape index (κ1) is 10.1. The predicted molar refractivity (Wildman–Crippen MR) is 57.5 cm³/mol. The van der Waals surface area contributed by atoms with Crippen LogP contribution in [0.1, 0.15) is 5.01 Å². The van der Waals surface area contributed by atoms with Crippen molar-refractivity contribution in [1.29, 1.82) is 0 Å². The zero-order chi connectivity index (χ0) is 10.8. The molecule has 15 heavy (non-hydrogen) atoms. The fourth-order valence-corrected chi connectivity index (χ4v) is 1.89. The molecule has 0 amide bonds. The lowest BCUT2D eigenvalue weighted by Crippen LogP contribution is -2.34. The van der Waals surface area contributed by atoms with Gasteiger partial charge in [-0.3, -0.25) is 14.3 Å². The van der Waals surface area contributed by atoms with Crippen LogP contribution in [-0.2, 0) is 6.54 Å². The van der Waals surface area contributed by atoms with E-state index in [1.54, 1.807) is 11.6 Å². The summed E-state index contributed by atoms with van der Waals surface area (Å²) >= 11 is 6.90. The van der Waals surface area contributed by atoms with E-state index < -0.39 is 11.2 Å². The minimum Gasteiger partial charge on any atom is -0.298 e. The van der Waals surface area contributed by atoms with Gasteiger partial charge in [-0.05, 0) is 0 Å². The molecule has 2 aromatic rings. The average Bonchev–Trinajstić information content (AvgIpc) is 2.63. The summed E-state index contributed by atoms with van der Waals surface area (Å²) < 4.78 is 1.05. The van der Waals surface area contributed by atoms with E-state index in [1.165, 1.54) is 11.3 Å². The SMILES string of the molecule is O=c1cc(Cl)[nH]c(=O)n1Cc1nccs1. The normalized spacial score (nSPS) is 10.5. The summed E-state index contributed by atoms with van der Waals surface area (Å²) in [5.41, 5.74) is -0.957. The summed E-state index contributed by atoms with van der Waals surface area (Å²) in [6.07, 6.45) is 1.62. The van der Waals surface area contributed by atoms with Crippen LogP contribution in [0.25, 0.3) is 0 Å². The number of H-pyrrole nitrogens is 1. The highest BCUT2D eigenvalue weighted by Gasteiger charge is 2.05. The second kappa shape index (κ2) is 4.00. The molecule has 0 aliphatic carbocycles. The zero-order valence-corrected chi connectivity index (χ0v) is 9.01. The van der Waals surface area contributed by atoms with Crippen LogP contribution in [0.2, 0.25) is 5.15 Å². The topological polar surface area (TPSA) is 67.8 Å². The molecule has 0 spiro atoms. The van der Waals surface area contributed by atoms with Crippen molar-refractivity contribution in [3.05, 3.63) is 48.6 Å². The van der Waals surface area contributed by atoms with Crippen LogP contribution in [-0.4, -0.2) is 14.5 Å². The van der Waals surface area contributed by atoms with E-state index in [2.05, 4.69) is 9.97 Å². The number of thiazole rings is 1. The van der Waals surface area contributed by atoms with Gasteiger partial charge in [-0.25, -0.2) is 9.78 Å². The monoisotopic (exact) mass is 243 g/mol. The molecule has 0 aromatic carbocycles. The van der Waals surface area contributed by atoms with Gasteiger partial charge in [0, 0.05) is 17.6 Å². The van der Waals surface area contributed by atoms with Crippen LogP contribution in [0.4, 0.5) is 0 Å². The second-order valence-electron chi connectivity index (χ2n) is 2.77. The van der Waals surface area contributed by atoms with Gasteiger partial charge >= 0.3 is 5.69 Å². The standard InChI is InChI=1S/C8H6ClN3O2S/c9-5-3-7(13)12(8(14)11-5)4-6-10-1-2-15-6/h1-3H,4H2,(H,11,14). The largest absolute Gasteiger partial charge is 0.329 e. The molecule has 0 saturated heterocycles. The lowest BCUT2D eigenvalue weighted by Gasteiger charge is -2.00. The first-order valence-electron chi connectivity index (χ1n) is 4.05. The Bertz CT molecular complexity index is 541. The number of nitrogens with zero attached hydrogens (tertiary/aromatic N) is 2. The Hall–Kier alpha value is -1.40. The third-order valence-corrected chi connectivity index (χ3v) is 2.73. The number of hydrogen-bond donors (Lipinski definition) is 1. The molecule has 0 radical (unpaired) electrons. The van der Waals surface area contributed by atoms with Gasteiger partial charge in [0.15, 0.2) is 0 Å². The third kappa shape index (κ3) is 2.16. The lowest BCUT2D eigenvalue weighted by atomic mass is 10.6. The molecular weight excluding hydrogens is 238 g/mol.